The lowest BCUT2D eigenvalue weighted by molar-refractivity contribution is -0.0495. The van der Waals surface area contributed by atoms with E-state index in [9.17, 15) is 8.78 Å². The molecule has 1 fully saturated rings. The zero-order chi connectivity index (χ0) is 13.9. The minimum absolute atomic E-state index is 0.00595. The van der Waals surface area contributed by atoms with E-state index in [1.165, 1.54) is 0 Å². The monoisotopic (exact) mass is 269 g/mol. The van der Waals surface area contributed by atoms with Crippen LogP contribution >= 0.6 is 0 Å². The summed E-state index contributed by atoms with van der Waals surface area (Å²) in [4.78, 5) is 0. The first-order valence-corrected chi connectivity index (χ1v) is 6.75. The summed E-state index contributed by atoms with van der Waals surface area (Å²) in [7, 11) is 3.52. The second-order valence-corrected chi connectivity index (χ2v) is 5.23. The van der Waals surface area contributed by atoms with Crippen LogP contribution in [0.15, 0.2) is 24.3 Å². The van der Waals surface area contributed by atoms with E-state index in [4.69, 9.17) is 4.74 Å². The summed E-state index contributed by atoms with van der Waals surface area (Å²) >= 11 is 0. The summed E-state index contributed by atoms with van der Waals surface area (Å²) in [6.07, 6.45) is 1.16. The van der Waals surface area contributed by atoms with E-state index in [1.54, 1.807) is 7.11 Å². The highest BCUT2D eigenvalue weighted by Gasteiger charge is 2.37. The smallest absolute Gasteiger partial charge is 0.248 e. The van der Waals surface area contributed by atoms with Gasteiger partial charge in [-0.25, -0.2) is 8.78 Å². The van der Waals surface area contributed by atoms with E-state index in [2.05, 4.69) is 5.32 Å². The molecular weight excluding hydrogens is 248 g/mol. The second-order valence-electron chi connectivity index (χ2n) is 5.23. The van der Waals surface area contributed by atoms with Crippen LogP contribution < -0.4 is 10.1 Å². The highest BCUT2D eigenvalue weighted by atomic mass is 19.3. The molecule has 1 aliphatic rings. The van der Waals surface area contributed by atoms with Crippen LogP contribution in [-0.4, -0.2) is 20.1 Å². The summed E-state index contributed by atoms with van der Waals surface area (Å²) in [5.74, 6) is -1.37. The second kappa shape index (κ2) is 5.87. The Hall–Kier alpha value is -1.16. The van der Waals surface area contributed by atoms with Gasteiger partial charge >= 0.3 is 0 Å². The maximum Gasteiger partial charge on any atom is 0.248 e. The Balaban J connectivity index is 2.07. The minimum Gasteiger partial charge on any atom is -0.497 e. The fourth-order valence-electron chi connectivity index (χ4n) is 2.88. The van der Waals surface area contributed by atoms with E-state index < -0.39 is 5.92 Å². The fraction of sp³-hybridized carbons (Fsp3) is 0.600. The topological polar surface area (TPSA) is 21.3 Å². The lowest BCUT2D eigenvalue weighted by Crippen LogP contribution is -2.32. The molecule has 2 rings (SSSR count). The van der Waals surface area contributed by atoms with Crippen molar-refractivity contribution in [2.75, 3.05) is 14.2 Å². The molecule has 1 atom stereocenters. The van der Waals surface area contributed by atoms with Gasteiger partial charge in [-0.15, -0.1) is 0 Å². The molecular formula is C15H21F2NO. The van der Waals surface area contributed by atoms with E-state index in [0.717, 1.165) is 11.3 Å². The first kappa shape index (κ1) is 14.3. The highest BCUT2D eigenvalue weighted by Crippen LogP contribution is 2.41. The van der Waals surface area contributed by atoms with Crippen LogP contribution in [0.4, 0.5) is 8.78 Å². The van der Waals surface area contributed by atoms with Crippen LogP contribution in [0, 0.1) is 5.92 Å². The molecule has 0 saturated heterocycles. The van der Waals surface area contributed by atoms with Crippen LogP contribution in [0.25, 0.3) is 0 Å². The Morgan fingerprint density at radius 3 is 2.26 bits per heavy atom. The van der Waals surface area contributed by atoms with Crippen molar-refractivity contribution in [3.63, 3.8) is 0 Å². The summed E-state index contributed by atoms with van der Waals surface area (Å²) in [6, 6.07) is 7.98. The van der Waals surface area contributed by atoms with Gasteiger partial charge in [0.1, 0.15) is 5.75 Å². The van der Waals surface area contributed by atoms with Gasteiger partial charge in [0.25, 0.3) is 0 Å². The third-order valence-electron chi connectivity index (χ3n) is 4.02. The summed E-state index contributed by atoms with van der Waals surface area (Å²) in [5, 5.41) is 3.27. The molecule has 0 aromatic heterocycles. The molecule has 1 saturated carbocycles. The van der Waals surface area contributed by atoms with Crippen LogP contribution in [0.1, 0.15) is 37.3 Å². The Morgan fingerprint density at radius 1 is 1.21 bits per heavy atom. The number of rotatable bonds is 4. The van der Waals surface area contributed by atoms with Gasteiger partial charge in [0, 0.05) is 18.9 Å². The zero-order valence-electron chi connectivity index (χ0n) is 11.5. The Kier molecular flexibility index (Phi) is 4.40. The van der Waals surface area contributed by atoms with Gasteiger partial charge in [-0.3, -0.25) is 0 Å². The summed E-state index contributed by atoms with van der Waals surface area (Å²) in [5.41, 5.74) is 1.14. The number of alkyl halides is 2. The largest absolute Gasteiger partial charge is 0.497 e. The fourth-order valence-corrected chi connectivity index (χ4v) is 2.88. The SMILES string of the molecule is CNC(c1ccc(OC)cc1)C1CCC(F)(F)CC1. The first-order valence-electron chi connectivity index (χ1n) is 6.75. The van der Waals surface area contributed by atoms with Crippen LogP contribution in [0.2, 0.25) is 0 Å². The zero-order valence-corrected chi connectivity index (χ0v) is 11.5. The maximum absolute atomic E-state index is 13.2. The molecule has 1 unspecified atom stereocenters. The van der Waals surface area contributed by atoms with Gasteiger partial charge in [-0.05, 0) is 43.5 Å². The molecule has 0 heterocycles. The lowest BCUT2D eigenvalue weighted by Gasteiger charge is -2.34. The van der Waals surface area contributed by atoms with Crippen molar-refractivity contribution < 1.29 is 13.5 Å². The molecule has 1 aromatic carbocycles. The molecule has 0 aliphatic heterocycles. The third-order valence-corrected chi connectivity index (χ3v) is 4.02. The minimum atomic E-state index is -2.46. The van der Waals surface area contributed by atoms with E-state index in [0.29, 0.717) is 12.8 Å². The van der Waals surface area contributed by atoms with Crippen LogP contribution in [0.3, 0.4) is 0 Å². The van der Waals surface area contributed by atoms with Gasteiger partial charge in [-0.1, -0.05) is 12.1 Å². The molecule has 1 aliphatic carbocycles. The van der Waals surface area contributed by atoms with Crippen LogP contribution in [-0.2, 0) is 0 Å². The Morgan fingerprint density at radius 2 is 1.79 bits per heavy atom. The number of hydrogen-bond donors (Lipinski definition) is 1. The van der Waals surface area contributed by atoms with Crippen molar-refractivity contribution in [3.8, 4) is 5.75 Å². The molecule has 19 heavy (non-hydrogen) atoms. The van der Waals surface area contributed by atoms with Crippen molar-refractivity contribution in [1.29, 1.82) is 0 Å². The number of nitrogens with one attached hydrogen (secondary N) is 1. The summed E-state index contributed by atoms with van der Waals surface area (Å²) < 4.78 is 31.6. The quantitative estimate of drug-likeness (QED) is 0.898. The van der Waals surface area contributed by atoms with Crippen LogP contribution in [0.5, 0.6) is 5.75 Å². The molecule has 2 nitrogen and oxygen atoms in total. The number of benzene rings is 1. The van der Waals surface area contributed by atoms with Crippen molar-refractivity contribution >= 4 is 0 Å². The summed E-state index contributed by atoms with van der Waals surface area (Å²) in [6.45, 7) is 0. The predicted molar refractivity (Wildman–Crippen MR) is 71.7 cm³/mol. The van der Waals surface area contributed by atoms with Crippen molar-refractivity contribution in [1.82, 2.24) is 5.32 Å². The normalized spacial score (nSPS) is 21.1. The average molecular weight is 269 g/mol. The molecule has 0 radical (unpaired) electrons. The van der Waals surface area contributed by atoms with Gasteiger partial charge in [-0.2, -0.15) is 0 Å². The number of halogens is 2. The number of ether oxygens (including phenoxy) is 1. The maximum atomic E-state index is 13.2. The third kappa shape index (κ3) is 3.44. The van der Waals surface area contributed by atoms with E-state index >= 15 is 0 Å². The van der Waals surface area contributed by atoms with Gasteiger partial charge in [0.05, 0.1) is 7.11 Å². The molecule has 4 heteroatoms. The molecule has 1 aromatic rings. The van der Waals surface area contributed by atoms with Crippen molar-refractivity contribution in [2.24, 2.45) is 5.92 Å². The highest BCUT2D eigenvalue weighted by molar-refractivity contribution is 5.29. The number of methoxy groups -OCH3 is 1. The standard InChI is InChI=1S/C15H21F2NO/c1-18-14(11-3-5-13(19-2)6-4-11)12-7-9-15(16,17)10-8-12/h3-6,12,14,18H,7-10H2,1-2H3. The van der Waals surface area contributed by atoms with Crippen molar-refractivity contribution in [3.05, 3.63) is 29.8 Å². The van der Waals surface area contributed by atoms with E-state index in [-0.39, 0.29) is 24.8 Å². The average Bonchev–Trinajstić information content (AvgIpc) is 2.42. The first-order chi connectivity index (χ1) is 9.05. The predicted octanol–water partition coefficient (Wildman–Crippen LogP) is 3.78. The molecule has 0 amide bonds. The molecule has 106 valence electrons. The molecule has 0 bridgehead atoms. The van der Waals surface area contributed by atoms with Gasteiger partial charge in [0.2, 0.25) is 5.92 Å². The Labute approximate surface area is 113 Å². The molecule has 0 spiro atoms. The molecule has 1 N–H and O–H groups in total. The van der Waals surface area contributed by atoms with E-state index in [1.807, 2.05) is 31.3 Å². The lowest BCUT2D eigenvalue weighted by atomic mass is 9.79. The van der Waals surface area contributed by atoms with Gasteiger partial charge in [0.15, 0.2) is 0 Å². The number of hydrogen-bond acceptors (Lipinski definition) is 2. The van der Waals surface area contributed by atoms with Gasteiger partial charge < -0.3 is 10.1 Å². The Bertz CT molecular complexity index is 395. The van der Waals surface area contributed by atoms with Crippen molar-refractivity contribution in [2.45, 2.75) is 37.6 Å².